The average Bonchev–Trinajstić information content (AvgIpc) is 3.17. The number of aryl methyl sites for hydroxylation is 1. The molecule has 7 rings (SSSR count). The topological polar surface area (TPSA) is 112 Å². The van der Waals surface area contributed by atoms with Crippen LogP contribution in [-0.4, -0.2) is 85.2 Å². The number of nitrogens with zero attached hydrogens (tertiary/aromatic N) is 3. The molecule has 10 nitrogen and oxygen atoms in total. The maximum atomic E-state index is 12.9. The van der Waals surface area contributed by atoms with Crippen molar-refractivity contribution in [2.24, 2.45) is 0 Å². The predicted molar refractivity (Wildman–Crippen MR) is 199 cm³/mol. The lowest BCUT2D eigenvalue weighted by atomic mass is 9.69. The van der Waals surface area contributed by atoms with Gasteiger partial charge in [-0.05, 0) is 96.8 Å². The molecule has 0 radical (unpaired) electrons. The van der Waals surface area contributed by atoms with Crippen LogP contribution in [0.3, 0.4) is 0 Å². The van der Waals surface area contributed by atoms with Gasteiger partial charge in [0, 0.05) is 56.8 Å². The Morgan fingerprint density at radius 2 is 1.58 bits per heavy atom. The second-order valence-corrected chi connectivity index (χ2v) is 13.8. The first-order valence-electron chi connectivity index (χ1n) is 18.3. The molecule has 2 aliphatic heterocycles. The Balaban J connectivity index is 0.827. The third kappa shape index (κ3) is 8.40. The van der Waals surface area contributed by atoms with Crippen molar-refractivity contribution in [3.8, 4) is 17.2 Å². The molecule has 2 saturated heterocycles. The van der Waals surface area contributed by atoms with E-state index in [1.807, 2.05) is 11.0 Å². The number of rotatable bonds is 12. The van der Waals surface area contributed by atoms with E-state index in [1.165, 1.54) is 27.2 Å². The standard InChI is InChI=1S/C42H46N4O6/c47-34-14-18-38-32(27-34)13-17-37(30-7-2-1-3-8-30)41(38)31-11-15-35(16-12-31)51-26-5-4-20-44-22-24-45(25-23-44)40(49)29-52-36-10-6-9-33(28-36)46-21-19-39(48)43-42(46)50/h1-3,6-12,14-16,18,27-28,37,41,47H,4-5,13,17,19-26,29H2,(H,43,48,50)/t37-,41+/m1/s1. The van der Waals surface area contributed by atoms with Gasteiger partial charge in [0.15, 0.2) is 6.61 Å². The molecule has 52 heavy (non-hydrogen) atoms. The molecule has 0 aromatic heterocycles. The Hall–Kier alpha value is -5.35. The first-order valence-corrected chi connectivity index (χ1v) is 18.3. The van der Waals surface area contributed by atoms with Crippen molar-refractivity contribution >= 4 is 23.5 Å². The largest absolute Gasteiger partial charge is 0.508 e. The van der Waals surface area contributed by atoms with Gasteiger partial charge in [0.05, 0.1) is 6.61 Å². The predicted octanol–water partition coefficient (Wildman–Crippen LogP) is 6.08. The number of fused-ring (bicyclic) bond motifs is 1. The summed E-state index contributed by atoms with van der Waals surface area (Å²) in [6.45, 7) is 4.80. The molecule has 1 aliphatic carbocycles. The van der Waals surface area contributed by atoms with Gasteiger partial charge in [0.25, 0.3) is 5.91 Å². The van der Waals surface area contributed by atoms with Crippen molar-refractivity contribution in [2.75, 3.05) is 57.4 Å². The van der Waals surface area contributed by atoms with Crippen molar-refractivity contribution in [3.05, 3.63) is 119 Å². The van der Waals surface area contributed by atoms with E-state index in [-0.39, 0.29) is 30.8 Å². The lowest BCUT2D eigenvalue weighted by Gasteiger charge is -2.35. The minimum absolute atomic E-state index is 0.0617. The molecule has 0 saturated carbocycles. The van der Waals surface area contributed by atoms with Crippen molar-refractivity contribution < 1.29 is 29.0 Å². The maximum Gasteiger partial charge on any atom is 0.328 e. The van der Waals surface area contributed by atoms with Gasteiger partial charge in [-0.2, -0.15) is 0 Å². The first kappa shape index (κ1) is 35.1. The van der Waals surface area contributed by atoms with Gasteiger partial charge in [-0.3, -0.25) is 24.7 Å². The highest BCUT2D eigenvalue weighted by Gasteiger charge is 2.32. The number of anilines is 1. The van der Waals surface area contributed by atoms with E-state index in [0.29, 0.717) is 49.3 Å². The molecule has 2 atom stereocenters. The lowest BCUT2D eigenvalue weighted by molar-refractivity contribution is -0.135. The van der Waals surface area contributed by atoms with Gasteiger partial charge < -0.3 is 19.5 Å². The van der Waals surface area contributed by atoms with Crippen molar-refractivity contribution in [1.82, 2.24) is 15.1 Å². The van der Waals surface area contributed by atoms with Crippen LogP contribution < -0.4 is 19.7 Å². The minimum atomic E-state index is -0.456. The maximum absolute atomic E-state index is 12.9. The number of carbonyl (C=O) groups excluding carboxylic acids is 3. The number of carbonyl (C=O) groups is 3. The molecule has 3 aliphatic rings. The molecule has 10 heteroatoms. The number of imide groups is 1. The van der Waals surface area contributed by atoms with E-state index in [0.717, 1.165) is 51.1 Å². The number of unbranched alkanes of at least 4 members (excludes halogenated alkanes) is 1. The molecule has 270 valence electrons. The third-order valence-corrected chi connectivity index (χ3v) is 10.5. The van der Waals surface area contributed by atoms with Gasteiger partial charge in [-0.25, -0.2) is 4.79 Å². The van der Waals surface area contributed by atoms with E-state index in [4.69, 9.17) is 9.47 Å². The van der Waals surface area contributed by atoms with Crippen LogP contribution in [0.15, 0.2) is 97.1 Å². The summed E-state index contributed by atoms with van der Waals surface area (Å²) < 4.78 is 11.9. The fourth-order valence-corrected chi connectivity index (χ4v) is 7.69. The molecule has 0 unspecified atom stereocenters. The Morgan fingerprint density at radius 3 is 2.37 bits per heavy atom. The van der Waals surface area contributed by atoms with Crippen LogP contribution in [0.5, 0.6) is 17.2 Å². The number of hydrogen-bond acceptors (Lipinski definition) is 7. The second-order valence-electron chi connectivity index (χ2n) is 13.8. The number of phenolic OH excluding ortho intramolecular Hbond substituents is 1. The van der Waals surface area contributed by atoms with Gasteiger partial charge in [0.2, 0.25) is 5.91 Å². The van der Waals surface area contributed by atoms with Crippen LogP contribution in [0.2, 0.25) is 0 Å². The van der Waals surface area contributed by atoms with Crippen molar-refractivity contribution in [3.63, 3.8) is 0 Å². The number of urea groups is 1. The zero-order valence-electron chi connectivity index (χ0n) is 29.4. The SMILES string of the molecule is O=C1CCN(c2cccc(OCC(=O)N3CCN(CCCCOc4ccc([C@@H]5c6ccc(O)cc6CC[C@@H]5c5ccccc5)cc4)CC3)c2)C(=O)N1. The molecule has 4 amide bonds. The smallest absolute Gasteiger partial charge is 0.328 e. The highest BCUT2D eigenvalue weighted by molar-refractivity contribution is 6.05. The Morgan fingerprint density at radius 1 is 0.769 bits per heavy atom. The summed E-state index contributed by atoms with van der Waals surface area (Å²) in [5.41, 5.74) is 5.74. The molecule has 2 N–H and O–H groups in total. The number of aromatic hydroxyl groups is 1. The Labute approximate surface area is 304 Å². The zero-order chi connectivity index (χ0) is 35.9. The summed E-state index contributed by atoms with van der Waals surface area (Å²) in [7, 11) is 0. The normalized spacial score (nSPS) is 19.2. The number of benzene rings is 4. The Kier molecular flexibility index (Phi) is 11.0. The molecule has 0 bridgehead atoms. The monoisotopic (exact) mass is 702 g/mol. The summed E-state index contributed by atoms with van der Waals surface area (Å²) in [6.07, 6.45) is 4.19. The fraction of sp³-hybridized carbons (Fsp3) is 0.357. The number of ether oxygens (including phenoxy) is 2. The number of amides is 4. The number of piperazine rings is 1. The molecule has 2 fully saturated rings. The molecule has 2 heterocycles. The van der Waals surface area contributed by atoms with Crippen LogP contribution in [0.1, 0.15) is 59.8 Å². The van der Waals surface area contributed by atoms with Crippen LogP contribution >= 0.6 is 0 Å². The lowest BCUT2D eigenvalue weighted by Crippen LogP contribution is -2.50. The van der Waals surface area contributed by atoms with Crippen LogP contribution in [0, 0.1) is 0 Å². The molecule has 4 aromatic rings. The second kappa shape index (κ2) is 16.3. The first-order chi connectivity index (χ1) is 25.4. The van der Waals surface area contributed by atoms with Gasteiger partial charge in [-0.1, -0.05) is 54.6 Å². The summed E-state index contributed by atoms with van der Waals surface area (Å²) in [4.78, 5) is 42.3. The van der Waals surface area contributed by atoms with Crippen LogP contribution in [0.4, 0.5) is 10.5 Å². The summed E-state index contributed by atoms with van der Waals surface area (Å²) in [5.74, 6) is 1.94. The fourth-order valence-electron chi connectivity index (χ4n) is 7.69. The number of nitrogens with one attached hydrogen (secondary N) is 1. The highest BCUT2D eigenvalue weighted by atomic mass is 16.5. The van der Waals surface area contributed by atoms with Crippen LogP contribution in [-0.2, 0) is 16.0 Å². The highest BCUT2D eigenvalue weighted by Crippen LogP contribution is 2.47. The summed E-state index contributed by atoms with van der Waals surface area (Å²) >= 11 is 0. The number of hydrogen-bond donors (Lipinski definition) is 2. The van der Waals surface area contributed by atoms with Gasteiger partial charge >= 0.3 is 6.03 Å². The van der Waals surface area contributed by atoms with Crippen molar-refractivity contribution in [1.29, 1.82) is 0 Å². The molecular formula is C42H46N4O6. The van der Waals surface area contributed by atoms with E-state index in [1.54, 1.807) is 30.3 Å². The molecule has 4 aromatic carbocycles. The van der Waals surface area contributed by atoms with Gasteiger partial charge in [0.1, 0.15) is 17.2 Å². The Bertz CT molecular complexity index is 1860. The average molecular weight is 703 g/mol. The number of phenols is 1. The van der Waals surface area contributed by atoms with Gasteiger partial charge in [-0.15, -0.1) is 0 Å². The van der Waals surface area contributed by atoms with E-state index in [2.05, 4.69) is 70.9 Å². The minimum Gasteiger partial charge on any atom is -0.508 e. The third-order valence-electron chi connectivity index (χ3n) is 10.5. The van der Waals surface area contributed by atoms with Crippen LogP contribution in [0.25, 0.3) is 0 Å². The molecule has 0 spiro atoms. The van der Waals surface area contributed by atoms with E-state index < -0.39 is 6.03 Å². The summed E-state index contributed by atoms with van der Waals surface area (Å²) in [5, 5.41) is 12.5. The van der Waals surface area contributed by atoms with E-state index >= 15 is 0 Å². The molecular weight excluding hydrogens is 656 g/mol. The quantitative estimate of drug-likeness (QED) is 0.172. The van der Waals surface area contributed by atoms with Crippen molar-refractivity contribution in [2.45, 2.75) is 43.9 Å². The zero-order valence-corrected chi connectivity index (χ0v) is 29.4. The van der Waals surface area contributed by atoms with E-state index in [9.17, 15) is 19.5 Å². The summed E-state index contributed by atoms with van der Waals surface area (Å²) in [6, 6.07) is 31.7.